The number of aromatic nitrogens is 3. The molecular weight excluding hydrogens is 398 g/mol. The Morgan fingerprint density at radius 2 is 2.07 bits per heavy atom. The third kappa shape index (κ3) is 4.24. The largest absolute Gasteiger partial charge is 0.337 e. The van der Waals surface area contributed by atoms with Crippen LogP contribution in [0.5, 0.6) is 0 Å². The van der Waals surface area contributed by atoms with Crippen LogP contribution >= 0.6 is 23.7 Å². The molecule has 3 aromatic rings. The van der Waals surface area contributed by atoms with Crippen LogP contribution in [0, 0.1) is 0 Å². The molecule has 4 rings (SSSR count). The molecule has 0 radical (unpaired) electrons. The third-order valence-corrected chi connectivity index (χ3v) is 5.56. The van der Waals surface area contributed by atoms with Gasteiger partial charge in [0.15, 0.2) is 0 Å². The predicted octanol–water partition coefficient (Wildman–Crippen LogP) is 3.48. The minimum atomic E-state index is -0.212. The Balaban J connectivity index is 0.00000225. The normalized spacial score (nSPS) is 16.6. The molecule has 1 aromatic carbocycles. The molecule has 0 spiro atoms. The van der Waals surface area contributed by atoms with Crippen molar-refractivity contribution >= 4 is 29.7 Å². The predicted molar refractivity (Wildman–Crippen MR) is 109 cm³/mol. The molecule has 0 bridgehead atoms. The molecule has 1 fully saturated rings. The lowest BCUT2D eigenvalue weighted by atomic mass is 10.0. The van der Waals surface area contributed by atoms with Gasteiger partial charge in [-0.3, -0.25) is 4.79 Å². The molecule has 1 amide bonds. The minimum Gasteiger partial charge on any atom is -0.337 e. The van der Waals surface area contributed by atoms with E-state index in [-0.39, 0.29) is 24.4 Å². The maximum atomic E-state index is 13.0. The zero-order chi connectivity index (χ0) is 18.6. The number of rotatable bonds is 5. The molecule has 9 heteroatoms. The molecule has 1 saturated heterocycles. The van der Waals surface area contributed by atoms with Crippen LogP contribution in [-0.2, 0) is 6.42 Å². The molecule has 1 atom stereocenters. The molecule has 1 unspecified atom stereocenters. The number of thiazole rings is 1. The van der Waals surface area contributed by atoms with Crippen molar-refractivity contribution in [2.24, 2.45) is 5.73 Å². The summed E-state index contributed by atoms with van der Waals surface area (Å²) in [5, 5.41) is 6.80. The van der Waals surface area contributed by atoms with E-state index in [1.165, 1.54) is 11.3 Å². The van der Waals surface area contributed by atoms with Crippen LogP contribution in [-0.4, -0.2) is 39.0 Å². The summed E-state index contributed by atoms with van der Waals surface area (Å²) in [4.78, 5) is 23.8. The van der Waals surface area contributed by atoms with Crippen molar-refractivity contribution in [1.29, 1.82) is 0 Å². The van der Waals surface area contributed by atoms with Crippen LogP contribution in [0.25, 0.3) is 11.4 Å². The zero-order valence-electron chi connectivity index (χ0n) is 15.3. The Labute approximate surface area is 173 Å². The topological polar surface area (TPSA) is 98.1 Å². The van der Waals surface area contributed by atoms with Gasteiger partial charge in [0.05, 0.1) is 5.01 Å². The van der Waals surface area contributed by atoms with Crippen LogP contribution in [0.3, 0.4) is 0 Å². The fourth-order valence-electron chi connectivity index (χ4n) is 3.30. The minimum absolute atomic E-state index is 0. The van der Waals surface area contributed by atoms with Crippen LogP contribution in [0.4, 0.5) is 0 Å². The number of carbonyl (C=O) groups excluding carboxylic acids is 1. The molecule has 0 saturated carbocycles. The standard InChI is InChI=1S/C19H21N5O2S.ClH/c20-10-9-16-21-14(12-27-16)19(25)24-11-5-4-8-15(24)18-22-17(23-26-18)13-6-2-1-3-7-13;/h1-3,6-7,12,15H,4-5,8-11,20H2;1H. The lowest BCUT2D eigenvalue weighted by molar-refractivity contribution is 0.0556. The Morgan fingerprint density at radius 3 is 2.86 bits per heavy atom. The second kappa shape index (κ2) is 9.27. The average Bonchev–Trinajstić information content (AvgIpc) is 3.38. The molecule has 2 aromatic heterocycles. The van der Waals surface area contributed by atoms with E-state index in [0.717, 1.165) is 29.8 Å². The first-order valence-corrected chi connectivity index (χ1v) is 9.98. The van der Waals surface area contributed by atoms with Crippen molar-refractivity contribution in [3.63, 3.8) is 0 Å². The molecule has 7 nitrogen and oxygen atoms in total. The highest BCUT2D eigenvalue weighted by Gasteiger charge is 2.33. The lowest BCUT2D eigenvalue weighted by Gasteiger charge is -2.32. The number of benzene rings is 1. The number of carbonyl (C=O) groups is 1. The van der Waals surface area contributed by atoms with E-state index in [2.05, 4.69) is 15.1 Å². The van der Waals surface area contributed by atoms with Crippen molar-refractivity contribution in [3.8, 4) is 11.4 Å². The van der Waals surface area contributed by atoms with Gasteiger partial charge in [-0.25, -0.2) is 4.98 Å². The summed E-state index contributed by atoms with van der Waals surface area (Å²) < 4.78 is 5.53. The van der Waals surface area contributed by atoms with Gasteiger partial charge in [-0.1, -0.05) is 35.5 Å². The highest BCUT2D eigenvalue weighted by atomic mass is 35.5. The highest BCUT2D eigenvalue weighted by molar-refractivity contribution is 7.09. The number of hydrogen-bond donors (Lipinski definition) is 1. The van der Waals surface area contributed by atoms with Crippen LogP contribution in [0.15, 0.2) is 40.2 Å². The van der Waals surface area contributed by atoms with Crippen molar-refractivity contribution in [2.75, 3.05) is 13.1 Å². The second-order valence-corrected chi connectivity index (χ2v) is 7.44. The molecular formula is C19H22ClN5O2S. The van der Waals surface area contributed by atoms with Gasteiger partial charge >= 0.3 is 0 Å². The summed E-state index contributed by atoms with van der Waals surface area (Å²) in [7, 11) is 0. The number of likely N-dealkylation sites (tertiary alicyclic amines) is 1. The summed E-state index contributed by atoms with van der Waals surface area (Å²) in [5.74, 6) is 0.945. The van der Waals surface area contributed by atoms with Crippen molar-refractivity contribution in [2.45, 2.75) is 31.7 Å². The van der Waals surface area contributed by atoms with Crippen molar-refractivity contribution < 1.29 is 9.32 Å². The maximum absolute atomic E-state index is 13.0. The first-order chi connectivity index (χ1) is 13.3. The van der Waals surface area contributed by atoms with Gasteiger partial charge < -0.3 is 15.2 Å². The van der Waals surface area contributed by atoms with Gasteiger partial charge in [-0.05, 0) is 25.8 Å². The molecule has 2 N–H and O–H groups in total. The number of nitrogens with zero attached hydrogens (tertiary/aromatic N) is 4. The van der Waals surface area contributed by atoms with E-state index in [0.29, 0.717) is 36.9 Å². The first-order valence-electron chi connectivity index (χ1n) is 9.10. The molecule has 3 heterocycles. The molecule has 1 aliphatic heterocycles. The van der Waals surface area contributed by atoms with Crippen molar-refractivity contribution in [3.05, 3.63) is 52.3 Å². The quantitative estimate of drug-likeness (QED) is 0.679. The monoisotopic (exact) mass is 419 g/mol. The summed E-state index contributed by atoms with van der Waals surface area (Å²) in [6.45, 7) is 1.19. The number of halogens is 1. The second-order valence-electron chi connectivity index (χ2n) is 6.50. The van der Waals surface area contributed by atoms with Gasteiger partial charge in [0, 0.05) is 23.9 Å². The molecule has 28 heavy (non-hydrogen) atoms. The van der Waals surface area contributed by atoms with Crippen molar-refractivity contribution in [1.82, 2.24) is 20.0 Å². The number of piperidine rings is 1. The van der Waals surface area contributed by atoms with Gasteiger partial charge in [-0.15, -0.1) is 23.7 Å². The Kier molecular flexibility index (Phi) is 6.77. The summed E-state index contributed by atoms with van der Waals surface area (Å²) in [6, 6.07) is 9.47. The molecule has 148 valence electrons. The SMILES string of the molecule is Cl.NCCc1nc(C(=O)N2CCCCC2c2nc(-c3ccccc3)no2)cs1. The average molecular weight is 420 g/mol. The van der Waals surface area contributed by atoms with E-state index in [9.17, 15) is 4.79 Å². The van der Waals surface area contributed by atoms with Crippen LogP contribution < -0.4 is 5.73 Å². The van der Waals surface area contributed by atoms with E-state index in [1.807, 2.05) is 40.6 Å². The maximum Gasteiger partial charge on any atom is 0.274 e. The third-order valence-electron chi connectivity index (χ3n) is 4.65. The first kappa shape index (κ1) is 20.4. The Morgan fingerprint density at radius 1 is 1.25 bits per heavy atom. The number of hydrogen-bond acceptors (Lipinski definition) is 7. The van der Waals surface area contributed by atoms with Gasteiger partial charge in [0.2, 0.25) is 11.7 Å². The van der Waals surface area contributed by atoms with Gasteiger partial charge in [-0.2, -0.15) is 4.98 Å². The summed E-state index contributed by atoms with van der Waals surface area (Å²) >= 11 is 1.47. The zero-order valence-corrected chi connectivity index (χ0v) is 16.9. The summed E-state index contributed by atoms with van der Waals surface area (Å²) in [5.41, 5.74) is 6.95. The molecule has 1 aliphatic rings. The van der Waals surface area contributed by atoms with E-state index in [1.54, 1.807) is 0 Å². The smallest absolute Gasteiger partial charge is 0.274 e. The summed E-state index contributed by atoms with van der Waals surface area (Å²) in [6.07, 6.45) is 3.47. The number of nitrogens with two attached hydrogens (primary N) is 1. The fourth-order valence-corrected chi connectivity index (χ4v) is 4.09. The van der Waals surface area contributed by atoms with E-state index >= 15 is 0 Å². The Hall–Kier alpha value is -2.29. The lowest BCUT2D eigenvalue weighted by Crippen LogP contribution is -2.38. The molecule has 0 aliphatic carbocycles. The van der Waals surface area contributed by atoms with Gasteiger partial charge in [0.1, 0.15) is 11.7 Å². The highest BCUT2D eigenvalue weighted by Crippen LogP contribution is 2.32. The van der Waals surface area contributed by atoms with Gasteiger partial charge in [0.25, 0.3) is 5.91 Å². The van der Waals surface area contributed by atoms with Crippen LogP contribution in [0.1, 0.15) is 46.7 Å². The fraction of sp³-hybridized carbons (Fsp3) is 0.368. The van der Waals surface area contributed by atoms with E-state index in [4.69, 9.17) is 10.3 Å². The van der Waals surface area contributed by atoms with E-state index < -0.39 is 0 Å². The Bertz CT molecular complexity index is 914. The number of amides is 1. The van der Waals surface area contributed by atoms with Crippen LogP contribution in [0.2, 0.25) is 0 Å².